The maximum Gasteiger partial charge on any atom is 0.401 e. The number of likely N-dealkylation sites (N-methyl/N-ethyl adjacent to an activating group) is 1. The molecule has 0 aromatic heterocycles. The molecule has 0 aliphatic heterocycles. The molecular weight excluding hydrogens is 269 g/mol. The van der Waals surface area contributed by atoms with Crippen molar-refractivity contribution in [2.75, 3.05) is 39.8 Å². The SMILES string of the molecule is CCNC(=NCCC(C)C)NCCN(C)CC(F)(F)F. The van der Waals surface area contributed by atoms with Gasteiger partial charge in [-0.1, -0.05) is 13.8 Å². The minimum absolute atomic E-state index is 0.314. The van der Waals surface area contributed by atoms with Crippen LogP contribution in [0.5, 0.6) is 0 Å². The molecule has 0 saturated carbocycles. The molecule has 0 atom stereocenters. The lowest BCUT2D eigenvalue weighted by atomic mass is 10.1. The lowest BCUT2D eigenvalue weighted by Crippen LogP contribution is -2.42. The first-order valence-electron chi connectivity index (χ1n) is 7.02. The Bertz CT molecular complexity index is 277. The molecule has 0 heterocycles. The molecule has 0 radical (unpaired) electrons. The van der Waals surface area contributed by atoms with Crippen molar-refractivity contribution >= 4 is 5.96 Å². The number of hydrogen-bond acceptors (Lipinski definition) is 2. The molecule has 0 spiro atoms. The van der Waals surface area contributed by atoms with Gasteiger partial charge in [-0.25, -0.2) is 0 Å². The van der Waals surface area contributed by atoms with Gasteiger partial charge < -0.3 is 10.6 Å². The smallest absolute Gasteiger partial charge is 0.357 e. The van der Waals surface area contributed by atoms with Crippen LogP contribution in [0, 0.1) is 5.92 Å². The van der Waals surface area contributed by atoms with Gasteiger partial charge in [-0.2, -0.15) is 13.2 Å². The zero-order chi connectivity index (χ0) is 15.6. The van der Waals surface area contributed by atoms with E-state index < -0.39 is 12.7 Å². The first kappa shape index (κ1) is 19.0. The van der Waals surface area contributed by atoms with E-state index in [-0.39, 0.29) is 0 Å². The van der Waals surface area contributed by atoms with Gasteiger partial charge in [-0.3, -0.25) is 9.89 Å². The zero-order valence-corrected chi connectivity index (χ0v) is 12.8. The summed E-state index contributed by atoms with van der Waals surface area (Å²) in [5.74, 6) is 1.24. The van der Waals surface area contributed by atoms with Crippen molar-refractivity contribution in [3.8, 4) is 0 Å². The van der Waals surface area contributed by atoms with Crippen molar-refractivity contribution in [3.05, 3.63) is 0 Å². The Kier molecular flexibility index (Phi) is 9.37. The second kappa shape index (κ2) is 9.85. The van der Waals surface area contributed by atoms with E-state index in [0.29, 0.717) is 31.5 Å². The molecule has 0 bridgehead atoms. The monoisotopic (exact) mass is 296 g/mol. The summed E-state index contributed by atoms with van der Waals surface area (Å²) in [6.07, 6.45) is -3.16. The molecule has 0 unspecified atom stereocenters. The van der Waals surface area contributed by atoms with Crippen molar-refractivity contribution in [3.63, 3.8) is 0 Å². The molecule has 0 aromatic carbocycles. The summed E-state index contributed by atoms with van der Waals surface area (Å²) in [6.45, 7) is 7.50. The number of alkyl halides is 3. The second-order valence-electron chi connectivity index (χ2n) is 5.22. The Morgan fingerprint density at radius 1 is 1.25 bits per heavy atom. The van der Waals surface area contributed by atoms with Gasteiger partial charge in [0, 0.05) is 26.2 Å². The summed E-state index contributed by atoms with van der Waals surface area (Å²) >= 11 is 0. The number of nitrogens with zero attached hydrogens (tertiary/aromatic N) is 2. The number of guanidine groups is 1. The minimum Gasteiger partial charge on any atom is -0.357 e. The van der Waals surface area contributed by atoms with Crippen molar-refractivity contribution in [2.24, 2.45) is 10.9 Å². The largest absolute Gasteiger partial charge is 0.401 e. The molecule has 0 saturated heterocycles. The molecule has 2 N–H and O–H groups in total. The second-order valence-corrected chi connectivity index (χ2v) is 5.22. The number of aliphatic imine (C=N–C) groups is 1. The highest BCUT2D eigenvalue weighted by atomic mass is 19.4. The maximum absolute atomic E-state index is 12.2. The standard InChI is InChI=1S/C13H27F3N4/c1-5-17-12(18-7-6-11(2)3)19-8-9-20(4)10-13(14,15)16/h11H,5-10H2,1-4H3,(H2,17,18,19). The van der Waals surface area contributed by atoms with Gasteiger partial charge in [0.15, 0.2) is 5.96 Å². The lowest BCUT2D eigenvalue weighted by molar-refractivity contribution is -0.142. The van der Waals surface area contributed by atoms with Crippen LogP contribution in [0.3, 0.4) is 0 Å². The number of halogens is 3. The summed E-state index contributed by atoms with van der Waals surface area (Å²) in [6, 6.07) is 0. The van der Waals surface area contributed by atoms with Gasteiger partial charge in [0.1, 0.15) is 0 Å². The predicted octanol–water partition coefficient (Wildman–Crippen LogP) is 2.08. The van der Waals surface area contributed by atoms with E-state index in [4.69, 9.17) is 0 Å². The van der Waals surface area contributed by atoms with Gasteiger partial charge in [0.2, 0.25) is 0 Å². The van der Waals surface area contributed by atoms with E-state index in [1.54, 1.807) is 0 Å². The highest BCUT2D eigenvalue weighted by molar-refractivity contribution is 5.79. The van der Waals surface area contributed by atoms with Gasteiger partial charge in [-0.15, -0.1) is 0 Å². The average Bonchev–Trinajstić information content (AvgIpc) is 2.25. The van der Waals surface area contributed by atoms with E-state index in [2.05, 4.69) is 29.5 Å². The summed E-state index contributed by atoms with van der Waals surface area (Å²) < 4.78 is 36.5. The van der Waals surface area contributed by atoms with Gasteiger partial charge in [0.25, 0.3) is 0 Å². The highest BCUT2D eigenvalue weighted by Crippen LogP contribution is 2.14. The average molecular weight is 296 g/mol. The number of hydrogen-bond donors (Lipinski definition) is 2. The van der Waals surface area contributed by atoms with E-state index >= 15 is 0 Å². The maximum atomic E-state index is 12.2. The Balaban J connectivity index is 4.02. The summed E-state index contributed by atoms with van der Waals surface area (Å²) in [5.41, 5.74) is 0. The number of nitrogens with one attached hydrogen (secondary N) is 2. The van der Waals surface area contributed by atoms with Crippen LogP contribution in [0.2, 0.25) is 0 Å². The van der Waals surface area contributed by atoms with Crippen LogP contribution in [0.25, 0.3) is 0 Å². The molecule has 0 fully saturated rings. The topological polar surface area (TPSA) is 39.7 Å². The molecule has 120 valence electrons. The fraction of sp³-hybridized carbons (Fsp3) is 0.923. The Labute approximate surface area is 119 Å². The molecule has 0 rings (SSSR count). The fourth-order valence-electron chi connectivity index (χ4n) is 1.53. The normalized spacial score (nSPS) is 13.2. The van der Waals surface area contributed by atoms with Crippen molar-refractivity contribution in [2.45, 2.75) is 33.4 Å². The molecule has 0 aliphatic carbocycles. The van der Waals surface area contributed by atoms with Crippen molar-refractivity contribution < 1.29 is 13.2 Å². The van der Waals surface area contributed by atoms with Crippen LogP contribution in [0.15, 0.2) is 4.99 Å². The van der Waals surface area contributed by atoms with Crippen LogP contribution in [-0.2, 0) is 0 Å². The lowest BCUT2D eigenvalue weighted by Gasteiger charge is -2.19. The first-order valence-corrected chi connectivity index (χ1v) is 7.02. The summed E-state index contributed by atoms with van der Waals surface area (Å²) in [5, 5.41) is 6.12. The third-order valence-corrected chi connectivity index (χ3v) is 2.56. The fourth-order valence-corrected chi connectivity index (χ4v) is 1.53. The highest BCUT2D eigenvalue weighted by Gasteiger charge is 2.28. The van der Waals surface area contributed by atoms with Crippen LogP contribution in [0.4, 0.5) is 13.2 Å². The Morgan fingerprint density at radius 3 is 2.40 bits per heavy atom. The van der Waals surface area contributed by atoms with Crippen molar-refractivity contribution in [1.82, 2.24) is 15.5 Å². The summed E-state index contributed by atoms with van der Waals surface area (Å²) in [4.78, 5) is 5.62. The third kappa shape index (κ3) is 12.1. The molecule has 0 aliphatic rings. The minimum atomic E-state index is -4.15. The molecule has 4 nitrogen and oxygen atoms in total. The molecule has 7 heteroatoms. The Hall–Kier alpha value is -0.980. The zero-order valence-electron chi connectivity index (χ0n) is 12.8. The van der Waals surface area contributed by atoms with Crippen LogP contribution in [-0.4, -0.2) is 56.8 Å². The quantitative estimate of drug-likeness (QED) is 0.532. The van der Waals surface area contributed by atoms with Crippen LogP contribution >= 0.6 is 0 Å². The van der Waals surface area contributed by atoms with Crippen LogP contribution in [0.1, 0.15) is 27.2 Å². The summed E-state index contributed by atoms with van der Waals surface area (Å²) in [7, 11) is 1.46. The van der Waals surface area contributed by atoms with Gasteiger partial charge in [0.05, 0.1) is 6.54 Å². The predicted molar refractivity (Wildman–Crippen MR) is 77.0 cm³/mol. The van der Waals surface area contributed by atoms with Gasteiger partial charge in [-0.05, 0) is 26.3 Å². The molecule has 0 aromatic rings. The number of rotatable bonds is 8. The van der Waals surface area contributed by atoms with E-state index in [9.17, 15) is 13.2 Å². The third-order valence-electron chi connectivity index (χ3n) is 2.56. The van der Waals surface area contributed by atoms with E-state index in [1.165, 1.54) is 11.9 Å². The first-order chi connectivity index (χ1) is 9.24. The molecule has 20 heavy (non-hydrogen) atoms. The van der Waals surface area contributed by atoms with E-state index in [0.717, 1.165) is 13.0 Å². The van der Waals surface area contributed by atoms with E-state index in [1.807, 2.05) is 6.92 Å². The van der Waals surface area contributed by atoms with Gasteiger partial charge >= 0.3 is 6.18 Å². The Morgan fingerprint density at radius 2 is 1.90 bits per heavy atom. The molecule has 0 amide bonds. The van der Waals surface area contributed by atoms with Crippen molar-refractivity contribution in [1.29, 1.82) is 0 Å². The van der Waals surface area contributed by atoms with Crippen LogP contribution < -0.4 is 10.6 Å². The molecular formula is C13H27F3N4.